The molecule has 14 heavy (non-hydrogen) atoms. The topological polar surface area (TPSA) is 33.6 Å². The minimum atomic E-state index is 0.402. The normalized spacial score (nSPS) is 24.2. The highest BCUT2D eigenvalue weighted by Gasteiger charge is 2.14. The van der Waals surface area contributed by atoms with Crippen LogP contribution in [0.25, 0.3) is 0 Å². The van der Waals surface area contributed by atoms with Crippen molar-refractivity contribution < 1.29 is 4.74 Å². The first-order valence-corrected chi connectivity index (χ1v) is 6.17. The van der Waals surface area contributed by atoms with Crippen LogP contribution in [0.2, 0.25) is 0 Å². The van der Waals surface area contributed by atoms with E-state index in [-0.39, 0.29) is 0 Å². The summed E-state index contributed by atoms with van der Waals surface area (Å²) in [6.45, 7) is 6.11. The number of nitrogens with zero attached hydrogens (tertiary/aromatic N) is 1. The Morgan fingerprint density at radius 2 is 2.50 bits per heavy atom. The average molecular weight is 216 g/mol. The Kier molecular flexibility index (Phi) is 5.33. The second-order valence-electron chi connectivity index (χ2n) is 3.77. The molecule has 1 rings (SSSR count). The molecule has 0 saturated carbocycles. The summed E-state index contributed by atoms with van der Waals surface area (Å²) in [7, 11) is 1.74. The molecule has 0 spiro atoms. The molecule has 4 heteroatoms. The standard InChI is InChI=1S/C10H20N2OS/c1-4-9(6-13-3)12-10-11-5-8(2)7-14-10/h8-9H,4-7H2,1-3H3,(H,11,12). The highest BCUT2D eigenvalue weighted by molar-refractivity contribution is 8.13. The smallest absolute Gasteiger partial charge is 0.156 e. The first-order chi connectivity index (χ1) is 6.76. The zero-order valence-corrected chi connectivity index (χ0v) is 10.1. The summed E-state index contributed by atoms with van der Waals surface area (Å²) in [6, 6.07) is 0.402. The van der Waals surface area contributed by atoms with Crippen molar-refractivity contribution in [2.45, 2.75) is 26.3 Å². The second kappa shape index (κ2) is 6.30. The van der Waals surface area contributed by atoms with Gasteiger partial charge in [-0.15, -0.1) is 0 Å². The average Bonchev–Trinajstić information content (AvgIpc) is 2.20. The van der Waals surface area contributed by atoms with Crippen LogP contribution in [0, 0.1) is 5.92 Å². The predicted molar refractivity (Wildman–Crippen MR) is 63.0 cm³/mol. The summed E-state index contributed by atoms with van der Waals surface area (Å²) in [4.78, 5) is 4.49. The molecular weight excluding hydrogens is 196 g/mol. The molecule has 1 heterocycles. The molecule has 1 N–H and O–H groups in total. The van der Waals surface area contributed by atoms with E-state index in [1.807, 2.05) is 11.8 Å². The monoisotopic (exact) mass is 216 g/mol. The van der Waals surface area contributed by atoms with Gasteiger partial charge in [-0.05, 0) is 12.3 Å². The number of aliphatic imine (C=N–C) groups is 1. The summed E-state index contributed by atoms with van der Waals surface area (Å²) in [5.74, 6) is 1.89. The van der Waals surface area contributed by atoms with Crippen LogP contribution in [0.15, 0.2) is 4.99 Å². The molecule has 0 fully saturated rings. The lowest BCUT2D eigenvalue weighted by Crippen LogP contribution is -2.37. The molecule has 0 aromatic heterocycles. The summed E-state index contributed by atoms with van der Waals surface area (Å²) >= 11 is 1.82. The van der Waals surface area contributed by atoms with Gasteiger partial charge in [0.15, 0.2) is 5.17 Å². The van der Waals surface area contributed by atoms with Crippen LogP contribution in [0.3, 0.4) is 0 Å². The van der Waals surface area contributed by atoms with Crippen LogP contribution in [0.4, 0.5) is 0 Å². The van der Waals surface area contributed by atoms with Crippen molar-refractivity contribution in [3.05, 3.63) is 0 Å². The van der Waals surface area contributed by atoms with Crippen LogP contribution < -0.4 is 5.32 Å². The number of thioether (sulfide) groups is 1. The fourth-order valence-corrected chi connectivity index (χ4v) is 2.25. The molecule has 0 aliphatic carbocycles. The van der Waals surface area contributed by atoms with E-state index >= 15 is 0 Å². The van der Waals surface area contributed by atoms with E-state index in [9.17, 15) is 0 Å². The first kappa shape index (κ1) is 11.9. The highest BCUT2D eigenvalue weighted by Crippen LogP contribution is 2.16. The number of hydrogen-bond acceptors (Lipinski definition) is 4. The molecule has 2 atom stereocenters. The van der Waals surface area contributed by atoms with E-state index in [0.29, 0.717) is 12.0 Å². The van der Waals surface area contributed by atoms with Gasteiger partial charge in [-0.3, -0.25) is 4.99 Å². The lowest BCUT2D eigenvalue weighted by Gasteiger charge is -2.22. The lowest BCUT2D eigenvalue weighted by atomic mass is 10.2. The van der Waals surface area contributed by atoms with Crippen LogP contribution >= 0.6 is 11.8 Å². The van der Waals surface area contributed by atoms with E-state index in [1.54, 1.807) is 7.11 Å². The lowest BCUT2D eigenvalue weighted by molar-refractivity contribution is 0.172. The number of ether oxygens (including phenoxy) is 1. The number of methoxy groups -OCH3 is 1. The molecule has 0 amide bonds. The first-order valence-electron chi connectivity index (χ1n) is 5.19. The van der Waals surface area contributed by atoms with Crippen molar-refractivity contribution in [1.82, 2.24) is 5.32 Å². The van der Waals surface area contributed by atoms with Gasteiger partial charge in [-0.1, -0.05) is 25.6 Å². The van der Waals surface area contributed by atoms with Crippen LogP contribution in [-0.2, 0) is 4.74 Å². The van der Waals surface area contributed by atoms with Gasteiger partial charge in [0.25, 0.3) is 0 Å². The van der Waals surface area contributed by atoms with Gasteiger partial charge in [0.05, 0.1) is 12.6 Å². The van der Waals surface area contributed by atoms with Gasteiger partial charge < -0.3 is 10.1 Å². The molecule has 82 valence electrons. The van der Waals surface area contributed by atoms with Gasteiger partial charge in [0.2, 0.25) is 0 Å². The molecule has 1 aliphatic heterocycles. The minimum absolute atomic E-state index is 0.402. The zero-order valence-electron chi connectivity index (χ0n) is 9.25. The number of hydrogen-bond donors (Lipinski definition) is 1. The Morgan fingerprint density at radius 1 is 1.71 bits per heavy atom. The Morgan fingerprint density at radius 3 is 3.00 bits per heavy atom. The predicted octanol–water partition coefficient (Wildman–Crippen LogP) is 1.74. The number of nitrogens with one attached hydrogen (secondary N) is 1. The van der Waals surface area contributed by atoms with Crippen LogP contribution in [-0.4, -0.2) is 37.2 Å². The van der Waals surface area contributed by atoms with Crippen molar-refractivity contribution >= 4 is 16.9 Å². The largest absolute Gasteiger partial charge is 0.383 e. The third-order valence-electron chi connectivity index (χ3n) is 2.24. The van der Waals surface area contributed by atoms with Gasteiger partial charge in [-0.2, -0.15) is 0 Å². The highest BCUT2D eigenvalue weighted by atomic mass is 32.2. The molecular formula is C10H20N2OS. The van der Waals surface area contributed by atoms with E-state index < -0.39 is 0 Å². The minimum Gasteiger partial charge on any atom is -0.383 e. The van der Waals surface area contributed by atoms with Crippen molar-refractivity contribution in [1.29, 1.82) is 0 Å². The Hall–Kier alpha value is -0.220. The van der Waals surface area contributed by atoms with Crippen LogP contribution in [0.5, 0.6) is 0 Å². The molecule has 0 radical (unpaired) electrons. The maximum atomic E-state index is 5.13. The number of rotatable bonds is 4. The Balaban J connectivity index is 2.34. The molecule has 0 aromatic rings. The van der Waals surface area contributed by atoms with Crippen molar-refractivity contribution in [2.24, 2.45) is 10.9 Å². The fraction of sp³-hybridized carbons (Fsp3) is 0.900. The van der Waals surface area contributed by atoms with Crippen molar-refractivity contribution in [2.75, 3.05) is 26.0 Å². The summed E-state index contributed by atoms with van der Waals surface area (Å²) < 4.78 is 5.13. The van der Waals surface area contributed by atoms with E-state index in [0.717, 1.165) is 24.7 Å². The SMILES string of the molecule is CCC(COC)NC1=NCC(C)CS1. The number of amidine groups is 1. The van der Waals surface area contributed by atoms with E-state index in [1.165, 1.54) is 5.75 Å². The molecule has 0 bridgehead atoms. The van der Waals surface area contributed by atoms with E-state index in [4.69, 9.17) is 4.74 Å². The molecule has 0 aromatic carbocycles. The molecule has 1 aliphatic rings. The van der Waals surface area contributed by atoms with Gasteiger partial charge in [-0.25, -0.2) is 0 Å². The molecule has 2 unspecified atom stereocenters. The van der Waals surface area contributed by atoms with Crippen molar-refractivity contribution in [3.63, 3.8) is 0 Å². The quantitative estimate of drug-likeness (QED) is 0.777. The summed E-state index contributed by atoms with van der Waals surface area (Å²) in [5, 5.41) is 4.50. The Labute approximate surface area is 90.7 Å². The third-order valence-corrected chi connectivity index (χ3v) is 3.50. The maximum Gasteiger partial charge on any atom is 0.156 e. The van der Waals surface area contributed by atoms with E-state index in [2.05, 4.69) is 24.2 Å². The molecule has 3 nitrogen and oxygen atoms in total. The maximum absolute atomic E-state index is 5.13. The van der Waals surface area contributed by atoms with Gasteiger partial charge in [0.1, 0.15) is 0 Å². The summed E-state index contributed by atoms with van der Waals surface area (Å²) in [5.41, 5.74) is 0. The fourth-order valence-electron chi connectivity index (χ4n) is 1.28. The summed E-state index contributed by atoms with van der Waals surface area (Å²) in [6.07, 6.45) is 1.07. The second-order valence-corrected chi connectivity index (χ2v) is 4.78. The Bertz CT molecular complexity index is 197. The van der Waals surface area contributed by atoms with Gasteiger partial charge >= 0.3 is 0 Å². The zero-order chi connectivity index (χ0) is 10.4. The molecule has 0 saturated heterocycles. The van der Waals surface area contributed by atoms with Gasteiger partial charge in [0, 0.05) is 19.4 Å². The van der Waals surface area contributed by atoms with Crippen molar-refractivity contribution in [3.8, 4) is 0 Å². The van der Waals surface area contributed by atoms with Crippen LogP contribution in [0.1, 0.15) is 20.3 Å². The third kappa shape index (κ3) is 3.88.